The molecule has 0 aliphatic heterocycles. The molecule has 0 bridgehead atoms. The van der Waals surface area contributed by atoms with E-state index in [2.05, 4.69) is 17.4 Å². The van der Waals surface area contributed by atoms with Gasteiger partial charge in [-0.05, 0) is 50.6 Å². The van der Waals surface area contributed by atoms with Gasteiger partial charge in [0.15, 0.2) is 0 Å². The van der Waals surface area contributed by atoms with Crippen LogP contribution < -0.4 is 11.1 Å². The summed E-state index contributed by atoms with van der Waals surface area (Å²) in [7, 11) is 0. The van der Waals surface area contributed by atoms with Gasteiger partial charge in [-0.1, -0.05) is 45.2 Å². The lowest BCUT2D eigenvalue weighted by molar-refractivity contribution is 0.261. The summed E-state index contributed by atoms with van der Waals surface area (Å²) in [5.74, 6) is 2.18. The Balaban J connectivity index is 2.08. The smallest absolute Gasteiger partial charge is 0.144 e. The summed E-state index contributed by atoms with van der Waals surface area (Å²) in [5, 5.41) is 15.4. The maximum absolute atomic E-state index is 8.73. The van der Waals surface area contributed by atoms with Gasteiger partial charge in [-0.25, -0.2) is 0 Å². The van der Waals surface area contributed by atoms with Gasteiger partial charge in [0, 0.05) is 5.41 Å². The summed E-state index contributed by atoms with van der Waals surface area (Å²) >= 11 is 0. The molecule has 0 amide bonds. The maximum Gasteiger partial charge on any atom is 0.144 e. The minimum atomic E-state index is -0.213. The summed E-state index contributed by atoms with van der Waals surface area (Å²) in [6.45, 7) is 8.53. The highest BCUT2D eigenvalue weighted by Crippen LogP contribution is 2.30. The number of oxime groups is 1. The summed E-state index contributed by atoms with van der Waals surface area (Å²) in [6, 6.07) is 0. The third kappa shape index (κ3) is 5.70. The molecule has 0 aromatic carbocycles. The van der Waals surface area contributed by atoms with Crippen LogP contribution in [-0.4, -0.2) is 24.1 Å². The van der Waals surface area contributed by atoms with E-state index in [0.29, 0.717) is 5.84 Å². The molecule has 20 heavy (non-hydrogen) atoms. The molecule has 0 spiro atoms. The average molecular weight is 283 g/mol. The number of nitrogens with one attached hydrogen (secondary N) is 1. The largest absolute Gasteiger partial charge is 0.409 e. The van der Waals surface area contributed by atoms with Crippen molar-refractivity contribution < 1.29 is 5.21 Å². The second kappa shape index (κ2) is 8.50. The van der Waals surface area contributed by atoms with Crippen LogP contribution in [0.2, 0.25) is 0 Å². The predicted molar refractivity (Wildman–Crippen MR) is 85.0 cm³/mol. The van der Waals surface area contributed by atoms with Gasteiger partial charge >= 0.3 is 0 Å². The monoisotopic (exact) mass is 283 g/mol. The van der Waals surface area contributed by atoms with Crippen LogP contribution >= 0.6 is 0 Å². The Hall–Kier alpha value is -0.770. The first-order valence-electron chi connectivity index (χ1n) is 8.18. The molecule has 118 valence electrons. The van der Waals surface area contributed by atoms with Crippen molar-refractivity contribution in [1.29, 1.82) is 0 Å². The third-order valence-corrected chi connectivity index (χ3v) is 4.93. The van der Waals surface area contributed by atoms with E-state index in [1.807, 2.05) is 13.8 Å². The molecule has 4 N–H and O–H groups in total. The van der Waals surface area contributed by atoms with E-state index < -0.39 is 0 Å². The predicted octanol–water partition coefficient (Wildman–Crippen LogP) is 3.35. The minimum absolute atomic E-state index is 0.213. The lowest BCUT2D eigenvalue weighted by Gasteiger charge is -2.28. The van der Waals surface area contributed by atoms with Crippen molar-refractivity contribution in [3.05, 3.63) is 0 Å². The number of amidine groups is 1. The van der Waals surface area contributed by atoms with Gasteiger partial charge < -0.3 is 16.3 Å². The van der Waals surface area contributed by atoms with Crippen LogP contribution in [0.5, 0.6) is 0 Å². The van der Waals surface area contributed by atoms with Gasteiger partial charge in [-0.2, -0.15) is 0 Å². The van der Waals surface area contributed by atoms with Gasteiger partial charge in [0.1, 0.15) is 5.84 Å². The van der Waals surface area contributed by atoms with Gasteiger partial charge in [-0.15, -0.1) is 0 Å². The minimum Gasteiger partial charge on any atom is -0.409 e. The zero-order valence-electron chi connectivity index (χ0n) is 13.5. The van der Waals surface area contributed by atoms with Crippen molar-refractivity contribution in [2.45, 2.75) is 65.7 Å². The van der Waals surface area contributed by atoms with Crippen molar-refractivity contribution in [1.82, 2.24) is 5.32 Å². The molecule has 0 atom stereocenters. The van der Waals surface area contributed by atoms with E-state index >= 15 is 0 Å². The zero-order chi connectivity index (χ0) is 15.0. The Morgan fingerprint density at radius 3 is 2.40 bits per heavy atom. The number of nitrogens with two attached hydrogens (primary N) is 1. The molecule has 1 rings (SSSR count). The normalized spacial score (nSPS) is 24.9. The molecule has 1 fully saturated rings. The number of hydrogen-bond acceptors (Lipinski definition) is 3. The maximum atomic E-state index is 8.73. The molecule has 1 aliphatic carbocycles. The van der Waals surface area contributed by atoms with Crippen molar-refractivity contribution in [3.8, 4) is 0 Å². The van der Waals surface area contributed by atoms with E-state index in [0.717, 1.165) is 37.8 Å². The second-order valence-corrected chi connectivity index (χ2v) is 6.97. The Morgan fingerprint density at radius 1 is 1.25 bits per heavy atom. The van der Waals surface area contributed by atoms with E-state index in [-0.39, 0.29) is 5.41 Å². The van der Waals surface area contributed by atoms with Crippen LogP contribution in [0.4, 0.5) is 0 Å². The molecule has 4 nitrogen and oxygen atoms in total. The lowest BCUT2D eigenvalue weighted by Crippen LogP contribution is -2.33. The van der Waals surface area contributed by atoms with Crippen LogP contribution in [0.15, 0.2) is 5.16 Å². The first-order chi connectivity index (χ1) is 9.49. The van der Waals surface area contributed by atoms with Crippen LogP contribution in [0.1, 0.15) is 65.7 Å². The van der Waals surface area contributed by atoms with Crippen LogP contribution in [0, 0.1) is 17.3 Å². The number of hydrogen-bond donors (Lipinski definition) is 3. The fourth-order valence-electron chi connectivity index (χ4n) is 3.07. The summed E-state index contributed by atoms with van der Waals surface area (Å²) < 4.78 is 0. The number of rotatable bonds is 8. The first-order valence-corrected chi connectivity index (χ1v) is 8.18. The molecular weight excluding hydrogens is 250 g/mol. The molecule has 0 aromatic rings. The zero-order valence-corrected chi connectivity index (χ0v) is 13.5. The standard InChI is InChI=1S/C16H33N3O/c1-4-13-6-8-14(9-7-13)12-18-11-5-10-16(2,3)15(17)19-20/h13-14,18,20H,4-12H2,1-3H3,(H2,17,19). The molecule has 4 heteroatoms. The van der Waals surface area contributed by atoms with Crippen LogP contribution in [-0.2, 0) is 0 Å². The van der Waals surface area contributed by atoms with Crippen LogP contribution in [0.3, 0.4) is 0 Å². The van der Waals surface area contributed by atoms with Crippen molar-refractivity contribution in [2.75, 3.05) is 13.1 Å². The van der Waals surface area contributed by atoms with Crippen molar-refractivity contribution in [3.63, 3.8) is 0 Å². The number of nitrogens with zero attached hydrogens (tertiary/aromatic N) is 1. The fourth-order valence-corrected chi connectivity index (χ4v) is 3.07. The molecule has 0 heterocycles. The summed E-state index contributed by atoms with van der Waals surface area (Å²) in [5.41, 5.74) is 5.48. The highest BCUT2D eigenvalue weighted by molar-refractivity contribution is 5.85. The van der Waals surface area contributed by atoms with Crippen molar-refractivity contribution in [2.24, 2.45) is 28.1 Å². The topological polar surface area (TPSA) is 70.6 Å². The Morgan fingerprint density at radius 2 is 1.85 bits per heavy atom. The first kappa shape index (κ1) is 17.3. The molecule has 0 saturated heterocycles. The quantitative estimate of drug-likeness (QED) is 0.210. The molecular formula is C16H33N3O. The van der Waals surface area contributed by atoms with E-state index in [1.54, 1.807) is 0 Å². The highest BCUT2D eigenvalue weighted by atomic mass is 16.4. The van der Waals surface area contributed by atoms with Crippen molar-refractivity contribution >= 4 is 5.84 Å². The average Bonchev–Trinajstić information content (AvgIpc) is 2.46. The fraction of sp³-hybridized carbons (Fsp3) is 0.938. The second-order valence-electron chi connectivity index (χ2n) is 6.97. The SMILES string of the molecule is CCC1CCC(CNCCCC(C)(C)C(N)=NO)CC1. The van der Waals surface area contributed by atoms with E-state index in [4.69, 9.17) is 10.9 Å². The Labute approximate surface area is 124 Å². The Bertz CT molecular complexity index is 294. The van der Waals surface area contributed by atoms with Gasteiger partial charge in [0.05, 0.1) is 0 Å². The lowest BCUT2D eigenvalue weighted by atomic mass is 9.81. The molecule has 1 aliphatic rings. The van der Waals surface area contributed by atoms with Gasteiger partial charge in [0.25, 0.3) is 0 Å². The van der Waals surface area contributed by atoms with Crippen LogP contribution in [0.25, 0.3) is 0 Å². The molecule has 1 saturated carbocycles. The highest BCUT2D eigenvalue weighted by Gasteiger charge is 2.23. The van der Waals surface area contributed by atoms with E-state index in [1.165, 1.54) is 32.1 Å². The van der Waals surface area contributed by atoms with E-state index in [9.17, 15) is 0 Å². The molecule has 0 unspecified atom stereocenters. The summed E-state index contributed by atoms with van der Waals surface area (Å²) in [4.78, 5) is 0. The molecule has 0 aromatic heterocycles. The Kier molecular flexibility index (Phi) is 7.35. The van der Waals surface area contributed by atoms with Gasteiger partial charge in [0.2, 0.25) is 0 Å². The third-order valence-electron chi connectivity index (χ3n) is 4.93. The van der Waals surface area contributed by atoms with Gasteiger partial charge in [-0.3, -0.25) is 0 Å². The summed E-state index contributed by atoms with van der Waals surface area (Å²) in [6.07, 6.45) is 8.97. The molecule has 0 radical (unpaired) electrons.